The summed E-state index contributed by atoms with van der Waals surface area (Å²) in [6.07, 6.45) is 0. The lowest BCUT2D eigenvalue weighted by Crippen LogP contribution is -2.37. The zero-order chi connectivity index (χ0) is 21.2. The molecule has 0 saturated carbocycles. The highest BCUT2D eigenvalue weighted by atomic mass is 19.1. The second kappa shape index (κ2) is 8.20. The van der Waals surface area contributed by atoms with Gasteiger partial charge in [0, 0.05) is 30.5 Å². The van der Waals surface area contributed by atoms with E-state index in [1.165, 1.54) is 12.1 Å². The molecule has 0 atom stereocenters. The number of fused-ring (bicyclic) bond motifs is 1. The van der Waals surface area contributed by atoms with Crippen LogP contribution in [0.5, 0.6) is 0 Å². The molecule has 1 aliphatic heterocycles. The van der Waals surface area contributed by atoms with E-state index in [2.05, 4.69) is 10.3 Å². The van der Waals surface area contributed by atoms with Crippen LogP contribution in [0, 0.1) is 5.82 Å². The van der Waals surface area contributed by atoms with Crippen molar-refractivity contribution >= 4 is 28.4 Å². The summed E-state index contributed by atoms with van der Waals surface area (Å²) in [6.45, 7) is 2.13. The molecule has 0 unspecified atom stereocenters. The van der Waals surface area contributed by atoms with E-state index in [0.29, 0.717) is 37.8 Å². The molecule has 7 heteroatoms. The van der Waals surface area contributed by atoms with Gasteiger partial charge < -0.3 is 15.0 Å². The van der Waals surface area contributed by atoms with Crippen LogP contribution < -0.4 is 15.6 Å². The van der Waals surface area contributed by atoms with Gasteiger partial charge in [-0.15, -0.1) is 0 Å². The number of aromatic nitrogens is 2. The zero-order valence-electron chi connectivity index (χ0n) is 16.8. The molecule has 5 rings (SSSR count). The van der Waals surface area contributed by atoms with E-state index in [1.807, 2.05) is 70.1 Å². The first-order valence-corrected chi connectivity index (χ1v) is 10.2. The molecule has 0 spiro atoms. The lowest BCUT2D eigenvalue weighted by Gasteiger charge is -2.28. The molecule has 0 bridgehead atoms. The molecule has 2 aromatic heterocycles. The van der Waals surface area contributed by atoms with E-state index in [0.717, 1.165) is 11.4 Å². The fourth-order valence-corrected chi connectivity index (χ4v) is 3.80. The molecule has 0 amide bonds. The van der Waals surface area contributed by atoms with Crippen LogP contribution in [0.1, 0.15) is 0 Å². The number of morpholine rings is 1. The minimum atomic E-state index is -0.505. The van der Waals surface area contributed by atoms with Gasteiger partial charge in [-0.3, -0.25) is 9.36 Å². The lowest BCUT2D eigenvalue weighted by molar-refractivity contribution is 0.122. The number of rotatable bonds is 4. The normalized spacial score (nSPS) is 14.0. The van der Waals surface area contributed by atoms with Crippen LogP contribution in [-0.4, -0.2) is 35.9 Å². The Morgan fingerprint density at radius 2 is 1.61 bits per heavy atom. The Morgan fingerprint density at radius 3 is 2.32 bits per heavy atom. The van der Waals surface area contributed by atoms with Crippen LogP contribution in [0.25, 0.3) is 16.7 Å². The van der Waals surface area contributed by atoms with E-state index in [1.54, 1.807) is 0 Å². The number of hydrogen-bond acceptors (Lipinski definition) is 5. The first-order chi connectivity index (χ1) is 15.2. The summed E-state index contributed by atoms with van der Waals surface area (Å²) < 4.78 is 22.2. The summed E-state index contributed by atoms with van der Waals surface area (Å²) in [4.78, 5) is 19.4. The second-order valence-corrected chi connectivity index (χ2v) is 7.32. The molecule has 156 valence electrons. The summed E-state index contributed by atoms with van der Waals surface area (Å²) >= 11 is 0. The molecule has 3 heterocycles. The molecular weight excluding hydrogens is 395 g/mol. The largest absolute Gasteiger partial charge is 0.378 e. The minimum absolute atomic E-state index is 0.233. The summed E-state index contributed by atoms with van der Waals surface area (Å²) in [7, 11) is 0. The first-order valence-electron chi connectivity index (χ1n) is 10.2. The van der Waals surface area contributed by atoms with E-state index >= 15 is 0 Å². The van der Waals surface area contributed by atoms with Crippen molar-refractivity contribution < 1.29 is 9.13 Å². The minimum Gasteiger partial charge on any atom is -0.378 e. The maximum atomic E-state index is 15.0. The van der Waals surface area contributed by atoms with Gasteiger partial charge >= 0.3 is 0 Å². The van der Waals surface area contributed by atoms with Crippen LogP contribution in [0.2, 0.25) is 0 Å². The SMILES string of the molecule is O=c1cc(Nc2ccccc2)n(-c2ccccc2)c2nc(N3CCOCC3)c(F)cc12. The number of ether oxygens (including phenoxy) is 1. The molecule has 1 aliphatic rings. The van der Waals surface area contributed by atoms with Gasteiger partial charge in [-0.2, -0.15) is 0 Å². The van der Waals surface area contributed by atoms with Crippen molar-refractivity contribution in [2.75, 3.05) is 36.5 Å². The molecular formula is C24H21FN4O2. The maximum absolute atomic E-state index is 15.0. The van der Waals surface area contributed by atoms with Gasteiger partial charge in [0.2, 0.25) is 0 Å². The number of halogens is 1. The van der Waals surface area contributed by atoms with Gasteiger partial charge in [0.25, 0.3) is 0 Å². The van der Waals surface area contributed by atoms with Crippen LogP contribution in [0.4, 0.5) is 21.7 Å². The molecule has 2 aromatic carbocycles. The van der Waals surface area contributed by atoms with Crippen LogP contribution >= 0.6 is 0 Å². The van der Waals surface area contributed by atoms with Crippen LogP contribution in [0.3, 0.4) is 0 Å². The average molecular weight is 416 g/mol. The number of nitrogens with zero attached hydrogens (tertiary/aromatic N) is 3. The standard InChI is InChI=1S/C24H21FN4O2/c25-20-15-19-21(30)16-22(26-17-7-3-1-4-8-17)29(18-9-5-2-6-10-18)23(19)27-24(20)28-11-13-31-14-12-28/h1-10,15-16,26H,11-14H2. The van der Waals surface area contributed by atoms with E-state index in [9.17, 15) is 9.18 Å². The Hall–Kier alpha value is -3.71. The molecule has 4 aromatic rings. The Kier molecular flexibility index (Phi) is 5.09. The molecule has 0 aliphatic carbocycles. The third-order valence-corrected chi connectivity index (χ3v) is 5.29. The quantitative estimate of drug-likeness (QED) is 0.543. The average Bonchev–Trinajstić information content (AvgIpc) is 2.81. The Morgan fingerprint density at radius 1 is 0.935 bits per heavy atom. The van der Waals surface area contributed by atoms with Gasteiger partial charge in [-0.05, 0) is 30.3 Å². The van der Waals surface area contributed by atoms with Crippen molar-refractivity contribution in [2.24, 2.45) is 0 Å². The Balaban J connectivity index is 1.76. The maximum Gasteiger partial charge on any atom is 0.193 e. The van der Waals surface area contributed by atoms with Crippen molar-refractivity contribution in [1.29, 1.82) is 0 Å². The van der Waals surface area contributed by atoms with Crippen LogP contribution in [-0.2, 0) is 4.74 Å². The Bertz CT molecular complexity index is 1270. The smallest absolute Gasteiger partial charge is 0.193 e. The van der Waals surface area contributed by atoms with E-state index in [-0.39, 0.29) is 16.6 Å². The van der Waals surface area contributed by atoms with Gasteiger partial charge in [-0.25, -0.2) is 9.37 Å². The highest BCUT2D eigenvalue weighted by molar-refractivity contribution is 5.82. The Labute approximate surface area is 178 Å². The number of para-hydroxylation sites is 2. The fourth-order valence-electron chi connectivity index (χ4n) is 3.80. The number of pyridine rings is 2. The fraction of sp³-hybridized carbons (Fsp3) is 0.167. The highest BCUT2D eigenvalue weighted by Gasteiger charge is 2.21. The van der Waals surface area contributed by atoms with E-state index in [4.69, 9.17) is 4.74 Å². The third-order valence-electron chi connectivity index (χ3n) is 5.29. The van der Waals surface area contributed by atoms with Gasteiger partial charge in [-0.1, -0.05) is 36.4 Å². The summed E-state index contributed by atoms with van der Waals surface area (Å²) in [6, 6.07) is 22.0. The number of benzene rings is 2. The molecule has 1 N–H and O–H groups in total. The van der Waals surface area contributed by atoms with Crippen molar-refractivity contribution in [3.05, 3.63) is 88.8 Å². The molecule has 0 radical (unpaired) electrons. The summed E-state index contributed by atoms with van der Waals surface area (Å²) in [5, 5.41) is 3.55. The van der Waals surface area contributed by atoms with Gasteiger partial charge in [0.05, 0.1) is 18.6 Å². The first kappa shape index (κ1) is 19.3. The molecule has 31 heavy (non-hydrogen) atoms. The predicted molar refractivity (Wildman–Crippen MR) is 120 cm³/mol. The number of anilines is 3. The molecule has 6 nitrogen and oxygen atoms in total. The number of nitrogens with one attached hydrogen (secondary N) is 1. The van der Waals surface area contributed by atoms with Crippen LogP contribution in [0.15, 0.2) is 77.6 Å². The van der Waals surface area contributed by atoms with Gasteiger partial charge in [0.15, 0.2) is 22.7 Å². The molecule has 1 fully saturated rings. The monoisotopic (exact) mass is 416 g/mol. The summed E-state index contributed by atoms with van der Waals surface area (Å²) in [5.41, 5.74) is 1.76. The van der Waals surface area contributed by atoms with E-state index < -0.39 is 5.82 Å². The number of hydrogen-bond donors (Lipinski definition) is 1. The van der Waals surface area contributed by atoms with Gasteiger partial charge in [0.1, 0.15) is 5.82 Å². The predicted octanol–water partition coefficient (Wildman–Crippen LogP) is 4.11. The van der Waals surface area contributed by atoms with Crippen molar-refractivity contribution in [1.82, 2.24) is 9.55 Å². The zero-order valence-corrected chi connectivity index (χ0v) is 16.8. The van der Waals surface area contributed by atoms with Crippen molar-refractivity contribution in [3.8, 4) is 5.69 Å². The lowest BCUT2D eigenvalue weighted by atomic mass is 10.2. The van der Waals surface area contributed by atoms with Crippen molar-refractivity contribution in [3.63, 3.8) is 0 Å². The second-order valence-electron chi connectivity index (χ2n) is 7.32. The van der Waals surface area contributed by atoms with Crippen molar-refractivity contribution in [2.45, 2.75) is 0 Å². The summed E-state index contributed by atoms with van der Waals surface area (Å²) in [5.74, 6) is 0.286. The highest BCUT2D eigenvalue weighted by Crippen LogP contribution is 2.27. The third kappa shape index (κ3) is 3.75. The topological polar surface area (TPSA) is 59.4 Å². The molecule has 1 saturated heterocycles.